The lowest BCUT2D eigenvalue weighted by atomic mass is 10.1. The Bertz CT molecular complexity index is 799. The van der Waals surface area contributed by atoms with Gasteiger partial charge in [0, 0.05) is 31.4 Å². The van der Waals surface area contributed by atoms with Gasteiger partial charge in [0.1, 0.15) is 0 Å². The Morgan fingerprint density at radius 2 is 2.24 bits per heavy atom. The number of amides is 1. The van der Waals surface area contributed by atoms with E-state index in [9.17, 15) is 9.90 Å². The number of aliphatic hydroxyl groups excluding tert-OH is 1. The minimum Gasteiger partial charge on any atom is -0.395 e. The fourth-order valence-electron chi connectivity index (χ4n) is 3.79. The van der Waals surface area contributed by atoms with Gasteiger partial charge in [0.2, 0.25) is 0 Å². The third kappa shape index (κ3) is 2.96. The molecule has 2 aliphatic rings. The summed E-state index contributed by atoms with van der Waals surface area (Å²) >= 11 is 0. The van der Waals surface area contributed by atoms with Crippen LogP contribution in [0.3, 0.4) is 0 Å². The van der Waals surface area contributed by atoms with E-state index in [2.05, 4.69) is 21.4 Å². The summed E-state index contributed by atoms with van der Waals surface area (Å²) in [7, 11) is 0. The highest BCUT2D eigenvalue weighted by molar-refractivity contribution is 6.05. The van der Waals surface area contributed by atoms with Gasteiger partial charge in [-0.25, -0.2) is 0 Å². The zero-order chi connectivity index (χ0) is 17.4. The van der Waals surface area contributed by atoms with E-state index in [1.807, 2.05) is 23.7 Å². The molecule has 0 spiro atoms. The molecule has 0 saturated carbocycles. The van der Waals surface area contributed by atoms with Crippen molar-refractivity contribution in [1.82, 2.24) is 14.7 Å². The molecule has 6 nitrogen and oxygen atoms in total. The lowest BCUT2D eigenvalue weighted by molar-refractivity contribution is 0.102. The van der Waals surface area contributed by atoms with Crippen LogP contribution >= 0.6 is 0 Å². The SMILES string of the molecule is C[C@@H](CO)N1Cc2cccc(NC(=O)c3cnn4c3CCCC4)c2C1. The number of anilines is 1. The average molecular weight is 340 g/mol. The number of aromatic nitrogens is 2. The zero-order valence-electron chi connectivity index (χ0n) is 14.5. The van der Waals surface area contributed by atoms with Crippen molar-refractivity contribution in [2.75, 3.05) is 11.9 Å². The smallest absolute Gasteiger partial charge is 0.259 e. The van der Waals surface area contributed by atoms with Crippen LogP contribution in [0.15, 0.2) is 24.4 Å². The number of fused-ring (bicyclic) bond motifs is 2. The zero-order valence-corrected chi connectivity index (χ0v) is 14.5. The molecule has 2 N–H and O–H groups in total. The minimum absolute atomic E-state index is 0.0785. The van der Waals surface area contributed by atoms with E-state index in [-0.39, 0.29) is 18.6 Å². The van der Waals surface area contributed by atoms with E-state index in [1.54, 1.807) is 6.20 Å². The number of nitrogens with zero attached hydrogens (tertiary/aromatic N) is 3. The van der Waals surface area contributed by atoms with Gasteiger partial charge < -0.3 is 10.4 Å². The third-order valence-electron chi connectivity index (χ3n) is 5.37. The van der Waals surface area contributed by atoms with E-state index in [1.165, 1.54) is 5.56 Å². The molecule has 6 heteroatoms. The van der Waals surface area contributed by atoms with Crippen molar-refractivity contribution in [3.63, 3.8) is 0 Å². The molecule has 4 rings (SSSR count). The predicted octanol–water partition coefficient (Wildman–Crippen LogP) is 2.17. The Kier molecular flexibility index (Phi) is 4.31. The van der Waals surface area contributed by atoms with E-state index in [4.69, 9.17) is 0 Å². The molecule has 0 fully saturated rings. The van der Waals surface area contributed by atoms with E-state index >= 15 is 0 Å². The molecule has 0 unspecified atom stereocenters. The highest BCUT2D eigenvalue weighted by Crippen LogP contribution is 2.31. The highest BCUT2D eigenvalue weighted by Gasteiger charge is 2.26. The van der Waals surface area contributed by atoms with Crippen LogP contribution in [0.1, 0.15) is 46.9 Å². The summed E-state index contributed by atoms with van der Waals surface area (Å²) in [4.78, 5) is 15.0. The van der Waals surface area contributed by atoms with Gasteiger partial charge in [-0.1, -0.05) is 12.1 Å². The summed E-state index contributed by atoms with van der Waals surface area (Å²) in [5, 5.41) is 16.9. The maximum Gasteiger partial charge on any atom is 0.259 e. The number of hydrogen-bond acceptors (Lipinski definition) is 4. The summed E-state index contributed by atoms with van der Waals surface area (Å²) in [6.07, 6.45) is 4.85. The summed E-state index contributed by atoms with van der Waals surface area (Å²) in [6, 6.07) is 6.14. The van der Waals surface area contributed by atoms with E-state index < -0.39 is 0 Å². The normalized spacial score (nSPS) is 17.8. The molecular weight excluding hydrogens is 316 g/mol. The number of carbonyl (C=O) groups is 1. The van der Waals surface area contributed by atoms with Gasteiger partial charge in [-0.2, -0.15) is 5.10 Å². The second-order valence-electron chi connectivity index (χ2n) is 7.02. The number of carbonyl (C=O) groups excluding carboxylic acids is 1. The lowest BCUT2D eigenvalue weighted by Gasteiger charge is -2.21. The third-order valence-corrected chi connectivity index (χ3v) is 5.37. The van der Waals surface area contributed by atoms with Crippen LogP contribution in [0.4, 0.5) is 5.69 Å². The fourth-order valence-corrected chi connectivity index (χ4v) is 3.79. The molecule has 1 aromatic carbocycles. The maximum absolute atomic E-state index is 12.8. The van der Waals surface area contributed by atoms with Gasteiger partial charge in [0.15, 0.2) is 0 Å². The number of aliphatic hydroxyl groups is 1. The van der Waals surface area contributed by atoms with Crippen LogP contribution < -0.4 is 5.32 Å². The molecule has 1 amide bonds. The molecule has 0 saturated heterocycles. The summed E-state index contributed by atoms with van der Waals surface area (Å²) in [6.45, 7) is 4.61. The van der Waals surface area contributed by atoms with Gasteiger partial charge >= 0.3 is 0 Å². The molecule has 1 atom stereocenters. The predicted molar refractivity (Wildman–Crippen MR) is 95.4 cm³/mol. The standard InChI is InChI=1S/C19H24N4O2/c1-13(12-24)22-10-14-5-4-6-17(16(14)11-22)21-19(25)15-9-20-23-8-3-2-7-18(15)23/h4-6,9,13,24H,2-3,7-8,10-12H2,1H3,(H,21,25)/t13-/m0/s1. The van der Waals surface area contributed by atoms with Crippen LogP contribution in [-0.2, 0) is 26.1 Å². The Morgan fingerprint density at radius 3 is 3.08 bits per heavy atom. The Balaban J connectivity index is 1.56. The molecule has 0 bridgehead atoms. The van der Waals surface area contributed by atoms with Crippen LogP contribution in [0.5, 0.6) is 0 Å². The fraction of sp³-hybridized carbons (Fsp3) is 0.474. The number of aryl methyl sites for hydroxylation is 1. The van der Waals surface area contributed by atoms with Crippen LogP contribution in [0, 0.1) is 0 Å². The first-order valence-electron chi connectivity index (χ1n) is 8.99. The van der Waals surface area contributed by atoms with Crippen molar-refractivity contribution in [3.8, 4) is 0 Å². The summed E-state index contributed by atoms with van der Waals surface area (Å²) < 4.78 is 1.96. The second-order valence-corrected chi connectivity index (χ2v) is 7.02. The molecule has 3 heterocycles. The second kappa shape index (κ2) is 6.61. The molecular formula is C19H24N4O2. The van der Waals surface area contributed by atoms with Crippen molar-refractivity contribution in [3.05, 3.63) is 46.8 Å². The quantitative estimate of drug-likeness (QED) is 0.895. The minimum atomic E-state index is -0.0785. The van der Waals surface area contributed by atoms with Gasteiger partial charge in [0.25, 0.3) is 5.91 Å². The average Bonchev–Trinajstić information content (AvgIpc) is 3.25. The molecule has 0 radical (unpaired) electrons. The van der Waals surface area contributed by atoms with Crippen LogP contribution in [-0.4, -0.2) is 38.3 Å². The number of hydrogen-bond donors (Lipinski definition) is 2. The maximum atomic E-state index is 12.8. The lowest BCUT2D eigenvalue weighted by Crippen LogP contribution is -2.30. The molecule has 2 aliphatic heterocycles. The topological polar surface area (TPSA) is 70.4 Å². The molecule has 1 aromatic heterocycles. The molecule has 132 valence electrons. The van der Waals surface area contributed by atoms with Crippen LogP contribution in [0.25, 0.3) is 0 Å². The summed E-state index contributed by atoms with van der Waals surface area (Å²) in [5.41, 5.74) is 4.97. The van der Waals surface area contributed by atoms with Crippen molar-refractivity contribution in [1.29, 1.82) is 0 Å². The Hall–Kier alpha value is -2.18. The monoisotopic (exact) mass is 340 g/mol. The van der Waals surface area contributed by atoms with Gasteiger partial charge in [-0.3, -0.25) is 14.4 Å². The first kappa shape index (κ1) is 16.3. The van der Waals surface area contributed by atoms with Gasteiger partial charge in [-0.05, 0) is 43.4 Å². The van der Waals surface area contributed by atoms with Gasteiger partial charge in [0.05, 0.1) is 24.1 Å². The number of benzene rings is 1. The molecule has 0 aliphatic carbocycles. The van der Waals surface area contributed by atoms with Crippen molar-refractivity contribution < 1.29 is 9.90 Å². The van der Waals surface area contributed by atoms with E-state index in [0.717, 1.165) is 55.8 Å². The van der Waals surface area contributed by atoms with Crippen molar-refractivity contribution in [2.45, 2.75) is 51.9 Å². The highest BCUT2D eigenvalue weighted by atomic mass is 16.3. The van der Waals surface area contributed by atoms with Gasteiger partial charge in [-0.15, -0.1) is 0 Å². The Labute approximate surface area is 147 Å². The van der Waals surface area contributed by atoms with Crippen molar-refractivity contribution >= 4 is 11.6 Å². The molecule has 25 heavy (non-hydrogen) atoms. The first-order valence-corrected chi connectivity index (χ1v) is 8.99. The number of nitrogens with one attached hydrogen (secondary N) is 1. The Morgan fingerprint density at radius 1 is 1.36 bits per heavy atom. The summed E-state index contributed by atoms with van der Waals surface area (Å²) in [5.74, 6) is -0.0785. The first-order chi connectivity index (χ1) is 12.2. The largest absolute Gasteiger partial charge is 0.395 e. The molecule has 2 aromatic rings. The van der Waals surface area contributed by atoms with E-state index in [0.29, 0.717) is 5.56 Å². The van der Waals surface area contributed by atoms with Crippen LogP contribution in [0.2, 0.25) is 0 Å². The number of rotatable bonds is 4. The van der Waals surface area contributed by atoms with Crippen molar-refractivity contribution in [2.24, 2.45) is 0 Å².